The minimum atomic E-state index is -3.71. The van der Waals surface area contributed by atoms with Crippen LogP contribution in [-0.4, -0.2) is 39.0 Å². The van der Waals surface area contributed by atoms with Gasteiger partial charge < -0.3 is 10.5 Å². The standard InChI is InChI=1S/C13H20N2O4S2/c1-4-20-8-9(2)15-21(17,18)12-6-5-10(7-11(12)14)13(16)19-3/h5-7,9,15H,4,8,14H2,1-3H3. The van der Waals surface area contributed by atoms with Crippen LogP contribution in [0.1, 0.15) is 24.2 Å². The fraction of sp³-hybridized carbons (Fsp3) is 0.462. The number of benzene rings is 1. The topological polar surface area (TPSA) is 98.5 Å². The van der Waals surface area contributed by atoms with E-state index in [2.05, 4.69) is 9.46 Å². The number of hydrogen-bond donors (Lipinski definition) is 2. The van der Waals surface area contributed by atoms with Crippen molar-refractivity contribution in [2.45, 2.75) is 24.8 Å². The molecule has 0 bridgehead atoms. The molecule has 0 saturated heterocycles. The zero-order valence-electron chi connectivity index (χ0n) is 12.3. The highest BCUT2D eigenvalue weighted by Crippen LogP contribution is 2.20. The number of carbonyl (C=O) groups is 1. The van der Waals surface area contributed by atoms with Crippen LogP contribution in [0.2, 0.25) is 0 Å². The minimum absolute atomic E-state index is 0.0146. The van der Waals surface area contributed by atoms with E-state index in [0.29, 0.717) is 5.75 Å². The second kappa shape index (κ2) is 7.67. The van der Waals surface area contributed by atoms with Gasteiger partial charge in [-0.3, -0.25) is 0 Å². The van der Waals surface area contributed by atoms with Gasteiger partial charge in [0.25, 0.3) is 0 Å². The number of methoxy groups -OCH3 is 1. The van der Waals surface area contributed by atoms with E-state index in [1.54, 1.807) is 18.7 Å². The average Bonchev–Trinajstić information content (AvgIpc) is 2.43. The van der Waals surface area contributed by atoms with Crippen LogP contribution in [0.5, 0.6) is 0 Å². The van der Waals surface area contributed by atoms with Crippen LogP contribution in [0.15, 0.2) is 23.1 Å². The maximum Gasteiger partial charge on any atom is 0.337 e. The predicted octanol–water partition coefficient (Wildman–Crippen LogP) is 1.48. The van der Waals surface area contributed by atoms with Gasteiger partial charge in [-0.1, -0.05) is 6.92 Å². The number of carbonyl (C=O) groups excluding carboxylic acids is 1. The number of hydrogen-bond acceptors (Lipinski definition) is 6. The van der Waals surface area contributed by atoms with E-state index in [1.165, 1.54) is 25.3 Å². The van der Waals surface area contributed by atoms with E-state index in [-0.39, 0.29) is 22.2 Å². The summed E-state index contributed by atoms with van der Waals surface area (Å²) in [6.07, 6.45) is 0. The second-order valence-corrected chi connectivity index (χ2v) is 7.43. The van der Waals surface area contributed by atoms with Gasteiger partial charge in [0.2, 0.25) is 10.0 Å². The van der Waals surface area contributed by atoms with Gasteiger partial charge in [-0.2, -0.15) is 11.8 Å². The van der Waals surface area contributed by atoms with Crippen molar-refractivity contribution in [3.8, 4) is 0 Å². The second-order valence-electron chi connectivity index (χ2n) is 4.43. The fourth-order valence-corrected chi connectivity index (χ4v) is 3.83. The maximum atomic E-state index is 12.3. The molecule has 0 aliphatic rings. The molecule has 0 heterocycles. The van der Waals surface area contributed by atoms with E-state index >= 15 is 0 Å². The van der Waals surface area contributed by atoms with Crippen LogP contribution < -0.4 is 10.5 Å². The number of nitrogens with two attached hydrogens (primary N) is 1. The number of anilines is 1. The first-order valence-corrected chi connectivity index (χ1v) is 9.03. The molecule has 8 heteroatoms. The largest absolute Gasteiger partial charge is 0.465 e. The van der Waals surface area contributed by atoms with Crippen molar-refractivity contribution in [1.82, 2.24) is 4.72 Å². The summed E-state index contributed by atoms with van der Waals surface area (Å²) in [6.45, 7) is 3.80. The highest BCUT2D eigenvalue weighted by Gasteiger charge is 2.21. The molecule has 0 aromatic heterocycles. The molecule has 0 amide bonds. The van der Waals surface area contributed by atoms with E-state index in [9.17, 15) is 13.2 Å². The Hall–Kier alpha value is -1.25. The summed E-state index contributed by atoms with van der Waals surface area (Å²) in [5.74, 6) is 1.03. The van der Waals surface area contributed by atoms with Crippen molar-refractivity contribution in [2.75, 3.05) is 24.3 Å². The Morgan fingerprint density at radius 3 is 2.67 bits per heavy atom. The van der Waals surface area contributed by atoms with Gasteiger partial charge in [-0.15, -0.1) is 0 Å². The summed E-state index contributed by atoms with van der Waals surface area (Å²) in [6, 6.07) is 3.78. The van der Waals surface area contributed by atoms with Gasteiger partial charge in [0, 0.05) is 11.8 Å². The van der Waals surface area contributed by atoms with Crippen LogP contribution >= 0.6 is 11.8 Å². The van der Waals surface area contributed by atoms with Crippen LogP contribution in [0.3, 0.4) is 0 Å². The summed E-state index contributed by atoms with van der Waals surface area (Å²) in [5.41, 5.74) is 5.97. The van der Waals surface area contributed by atoms with Crippen LogP contribution in [0.25, 0.3) is 0 Å². The number of nitrogen functional groups attached to an aromatic ring is 1. The molecule has 1 unspecified atom stereocenters. The Balaban J connectivity index is 2.96. The van der Waals surface area contributed by atoms with E-state index < -0.39 is 16.0 Å². The first-order chi connectivity index (χ1) is 9.81. The minimum Gasteiger partial charge on any atom is -0.465 e. The lowest BCUT2D eigenvalue weighted by Gasteiger charge is -2.15. The first-order valence-electron chi connectivity index (χ1n) is 6.39. The molecule has 3 N–H and O–H groups in total. The molecule has 0 spiro atoms. The molecule has 1 aromatic rings. The van der Waals surface area contributed by atoms with E-state index in [1.807, 2.05) is 6.92 Å². The summed E-state index contributed by atoms with van der Waals surface area (Å²) in [5, 5.41) is 0. The Morgan fingerprint density at radius 1 is 1.48 bits per heavy atom. The lowest BCUT2D eigenvalue weighted by atomic mass is 10.2. The number of esters is 1. The van der Waals surface area contributed by atoms with Crippen molar-refractivity contribution >= 4 is 33.4 Å². The molecule has 6 nitrogen and oxygen atoms in total. The Labute approximate surface area is 129 Å². The van der Waals surface area contributed by atoms with E-state index in [4.69, 9.17) is 5.73 Å². The SMILES string of the molecule is CCSCC(C)NS(=O)(=O)c1ccc(C(=O)OC)cc1N. The van der Waals surface area contributed by atoms with Crippen molar-refractivity contribution in [3.63, 3.8) is 0 Å². The summed E-state index contributed by atoms with van der Waals surface area (Å²) in [4.78, 5) is 11.3. The van der Waals surface area contributed by atoms with Gasteiger partial charge in [0.1, 0.15) is 4.90 Å². The zero-order chi connectivity index (χ0) is 16.0. The van der Waals surface area contributed by atoms with Crippen molar-refractivity contribution < 1.29 is 17.9 Å². The predicted molar refractivity (Wildman–Crippen MR) is 85.0 cm³/mol. The monoisotopic (exact) mass is 332 g/mol. The Bertz CT molecular complexity index is 602. The fourth-order valence-electron chi connectivity index (χ4n) is 1.69. The first kappa shape index (κ1) is 17.8. The smallest absolute Gasteiger partial charge is 0.337 e. The zero-order valence-corrected chi connectivity index (χ0v) is 13.9. The van der Waals surface area contributed by atoms with Gasteiger partial charge in [0.05, 0.1) is 18.4 Å². The van der Waals surface area contributed by atoms with Crippen LogP contribution in [0, 0.1) is 0 Å². The third-order valence-electron chi connectivity index (χ3n) is 2.65. The molecule has 1 aromatic carbocycles. The number of rotatable bonds is 7. The van der Waals surface area contributed by atoms with E-state index in [0.717, 1.165) is 5.75 Å². The third kappa shape index (κ3) is 4.90. The number of ether oxygens (including phenoxy) is 1. The van der Waals surface area contributed by atoms with Gasteiger partial charge in [-0.05, 0) is 30.9 Å². The maximum absolute atomic E-state index is 12.3. The quantitative estimate of drug-likeness (QED) is 0.579. The number of nitrogens with one attached hydrogen (secondary N) is 1. The molecule has 0 saturated carbocycles. The molecule has 21 heavy (non-hydrogen) atoms. The highest BCUT2D eigenvalue weighted by atomic mass is 32.2. The molecular formula is C13H20N2O4S2. The van der Waals surface area contributed by atoms with Crippen LogP contribution in [0.4, 0.5) is 5.69 Å². The summed E-state index contributed by atoms with van der Waals surface area (Å²) < 4.78 is 31.7. The molecule has 1 atom stereocenters. The van der Waals surface area contributed by atoms with Gasteiger partial charge in [-0.25, -0.2) is 17.9 Å². The molecule has 0 radical (unpaired) electrons. The Kier molecular flexibility index (Phi) is 6.50. The lowest BCUT2D eigenvalue weighted by Crippen LogP contribution is -2.34. The normalized spacial score (nSPS) is 12.9. The summed E-state index contributed by atoms with van der Waals surface area (Å²) in [7, 11) is -2.46. The van der Waals surface area contributed by atoms with Gasteiger partial charge in [0.15, 0.2) is 0 Å². The van der Waals surface area contributed by atoms with Crippen molar-refractivity contribution in [3.05, 3.63) is 23.8 Å². The molecular weight excluding hydrogens is 312 g/mol. The molecule has 0 fully saturated rings. The average molecular weight is 332 g/mol. The van der Waals surface area contributed by atoms with Crippen LogP contribution in [-0.2, 0) is 14.8 Å². The number of sulfonamides is 1. The van der Waals surface area contributed by atoms with Crippen molar-refractivity contribution in [2.24, 2.45) is 0 Å². The third-order valence-corrected chi connectivity index (χ3v) is 5.46. The van der Waals surface area contributed by atoms with Gasteiger partial charge >= 0.3 is 5.97 Å². The summed E-state index contributed by atoms with van der Waals surface area (Å²) >= 11 is 1.65. The van der Waals surface area contributed by atoms with Crippen molar-refractivity contribution in [1.29, 1.82) is 0 Å². The molecule has 0 aliphatic heterocycles. The Morgan fingerprint density at radius 2 is 2.14 bits per heavy atom. The number of thioether (sulfide) groups is 1. The molecule has 118 valence electrons. The molecule has 1 rings (SSSR count). The lowest BCUT2D eigenvalue weighted by molar-refractivity contribution is 0.0600. The highest BCUT2D eigenvalue weighted by molar-refractivity contribution is 7.99. The molecule has 0 aliphatic carbocycles.